The van der Waals surface area contributed by atoms with Crippen LogP contribution in [0.2, 0.25) is 0 Å². The van der Waals surface area contributed by atoms with Crippen LogP contribution in [-0.4, -0.2) is 69.2 Å². The van der Waals surface area contributed by atoms with Crippen LogP contribution in [0, 0.1) is 29.6 Å². The summed E-state index contributed by atoms with van der Waals surface area (Å²) in [4.78, 5) is 10.9. The number of aliphatic carboxylic acids is 1. The van der Waals surface area contributed by atoms with E-state index in [-0.39, 0.29) is 65.8 Å². The van der Waals surface area contributed by atoms with Crippen molar-refractivity contribution in [3.63, 3.8) is 0 Å². The van der Waals surface area contributed by atoms with E-state index in [0.717, 1.165) is 11.3 Å². The fraction of sp³-hybridized carbons (Fsp3) is 0.542. The third kappa shape index (κ3) is 5.49. The number of hydrogen-bond donors (Lipinski definition) is 3. The first-order valence-electron chi connectivity index (χ1n) is 10.4. The SMILES string of the molecule is CC#CCC(C)[C@H](O)/C=C/[C@@H]1[C@H]2c3ccccc3O[C@@H]2C(CCCC(=O)O)[C@@H]1O.[NaH]. The molecule has 2 aliphatic rings. The predicted molar refractivity (Wildman–Crippen MR) is 118 cm³/mol. The summed E-state index contributed by atoms with van der Waals surface area (Å²) in [5.41, 5.74) is 1.08. The van der Waals surface area contributed by atoms with E-state index in [9.17, 15) is 15.0 Å². The standard InChI is InChI=1S/C24H30O5.Na.H/c1-3-4-8-15(2)19(25)14-13-17-22-16-9-5-6-11-20(16)29-24(22)18(23(17)28)10-7-12-21(26)27;;/h5-6,9,11,13-15,17-19,22-25,28H,7-8,10,12H2,1-2H3,(H,26,27);;/b14-13+;;/t15?,17-,18?,19-,22-,23-,24-;;/m1../s1. The van der Waals surface area contributed by atoms with Crippen LogP contribution in [0.4, 0.5) is 0 Å². The molecule has 158 valence electrons. The van der Waals surface area contributed by atoms with E-state index >= 15 is 0 Å². The molecule has 0 radical (unpaired) electrons. The second-order valence-electron chi connectivity index (χ2n) is 8.15. The van der Waals surface area contributed by atoms with Gasteiger partial charge in [-0.2, -0.15) is 0 Å². The number of fused-ring (bicyclic) bond motifs is 3. The van der Waals surface area contributed by atoms with Crippen LogP contribution in [0.5, 0.6) is 5.75 Å². The molecule has 0 amide bonds. The number of carbonyl (C=O) groups is 1. The first kappa shape index (κ1) is 25.0. The van der Waals surface area contributed by atoms with Crippen molar-refractivity contribution in [3.05, 3.63) is 42.0 Å². The maximum atomic E-state index is 11.1. The first-order chi connectivity index (χ1) is 13.9. The van der Waals surface area contributed by atoms with E-state index in [2.05, 4.69) is 11.8 Å². The zero-order valence-corrected chi connectivity index (χ0v) is 17.0. The minimum absolute atomic E-state index is 0. The zero-order chi connectivity index (χ0) is 21.0. The van der Waals surface area contributed by atoms with Crippen LogP contribution >= 0.6 is 0 Å². The Kier molecular flexibility index (Phi) is 9.46. The van der Waals surface area contributed by atoms with Crippen molar-refractivity contribution < 1.29 is 24.9 Å². The monoisotopic (exact) mass is 422 g/mol. The Morgan fingerprint density at radius 1 is 1.33 bits per heavy atom. The second kappa shape index (κ2) is 11.4. The van der Waals surface area contributed by atoms with Gasteiger partial charge in [0.2, 0.25) is 0 Å². The number of rotatable bonds is 8. The summed E-state index contributed by atoms with van der Waals surface area (Å²) in [6.07, 6.45) is 4.05. The fourth-order valence-electron chi connectivity index (χ4n) is 4.61. The van der Waals surface area contributed by atoms with E-state index in [1.807, 2.05) is 37.3 Å². The van der Waals surface area contributed by atoms with Gasteiger partial charge in [-0.15, -0.1) is 11.8 Å². The number of ether oxygens (including phenoxy) is 1. The van der Waals surface area contributed by atoms with Crippen LogP contribution < -0.4 is 4.74 Å². The number of carboxylic acid groups (broad SMARTS) is 1. The number of benzene rings is 1. The van der Waals surface area contributed by atoms with Gasteiger partial charge in [-0.1, -0.05) is 37.3 Å². The van der Waals surface area contributed by atoms with Crippen molar-refractivity contribution in [2.75, 3.05) is 0 Å². The van der Waals surface area contributed by atoms with Gasteiger partial charge in [0, 0.05) is 36.2 Å². The van der Waals surface area contributed by atoms with Crippen molar-refractivity contribution in [1.82, 2.24) is 0 Å². The van der Waals surface area contributed by atoms with Crippen molar-refractivity contribution in [2.45, 2.75) is 63.8 Å². The molecule has 0 spiro atoms. The second-order valence-corrected chi connectivity index (χ2v) is 8.15. The number of para-hydroxylation sites is 1. The third-order valence-electron chi connectivity index (χ3n) is 6.21. The van der Waals surface area contributed by atoms with Crippen LogP contribution in [0.25, 0.3) is 0 Å². The van der Waals surface area contributed by atoms with Crippen molar-refractivity contribution >= 4 is 35.5 Å². The number of hydrogen-bond acceptors (Lipinski definition) is 4. The molecule has 0 saturated heterocycles. The maximum absolute atomic E-state index is 11.1. The molecule has 2 unspecified atom stereocenters. The molecule has 1 aliphatic carbocycles. The molecule has 3 rings (SSSR count). The van der Waals surface area contributed by atoms with Gasteiger partial charge >= 0.3 is 35.5 Å². The van der Waals surface area contributed by atoms with E-state index in [0.29, 0.717) is 19.3 Å². The summed E-state index contributed by atoms with van der Waals surface area (Å²) in [6, 6.07) is 7.87. The van der Waals surface area contributed by atoms with E-state index in [1.54, 1.807) is 13.0 Å². The van der Waals surface area contributed by atoms with Gasteiger partial charge in [0.15, 0.2) is 0 Å². The van der Waals surface area contributed by atoms with Crippen LogP contribution in [-0.2, 0) is 4.79 Å². The molecule has 0 bridgehead atoms. The Morgan fingerprint density at radius 3 is 2.77 bits per heavy atom. The van der Waals surface area contributed by atoms with E-state index in [1.165, 1.54) is 0 Å². The summed E-state index contributed by atoms with van der Waals surface area (Å²) < 4.78 is 6.19. The topological polar surface area (TPSA) is 87.0 Å². The third-order valence-corrected chi connectivity index (χ3v) is 6.21. The van der Waals surface area contributed by atoms with E-state index in [4.69, 9.17) is 9.84 Å². The Labute approximate surface area is 200 Å². The summed E-state index contributed by atoms with van der Waals surface area (Å²) in [6.45, 7) is 3.74. The average molecular weight is 422 g/mol. The number of aliphatic hydroxyl groups excluding tert-OH is 2. The molecular formula is C24H31NaO5. The summed E-state index contributed by atoms with van der Waals surface area (Å²) in [7, 11) is 0. The molecule has 30 heavy (non-hydrogen) atoms. The van der Waals surface area contributed by atoms with Gasteiger partial charge in [-0.25, -0.2) is 0 Å². The van der Waals surface area contributed by atoms with Crippen LogP contribution in [0.3, 0.4) is 0 Å². The molecule has 1 fully saturated rings. The predicted octanol–water partition coefficient (Wildman–Crippen LogP) is 2.71. The van der Waals surface area contributed by atoms with Gasteiger partial charge < -0.3 is 20.1 Å². The number of aliphatic hydroxyl groups is 2. The summed E-state index contributed by atoms with van der Waals surface area (Å²) in [5.74, 6) is 5.54. The zero-order valence-electron chi connectivity index (χ0n) is 17.0. The molecule has 7 atom stereocenters. The molecular weight excluding hydrogens is 391 g/mol. The molecule has 1 aromatic rings. The van der Waals surface area contributed by atoms with Gasteiger partial charge in [-0.05, 0) is 31.7 Å². The van der Waals surface area contributed by atoms with Crippen LogP contribution in [0.1, 0.15) is 51.0 Å². The molecule has 5 nitrogen and oxygen atoms in total. The van der Waals surface area contributed by atoms with Crippen LogP contribution in [0.15, 0.2) is 36.4 Å². The molecule has 6 heteroatoms. The van der Waals surface area contributed by atoms with Gasteiger partial charge in [-0.3, -0.25) is 4.79 Å². The van der Waals surface area contributed by atoms with E-state index < -0.39 is 18.2 Å². The van der Waals surface area contributed by atoms with Crippen molar-refractivity contribution in [2.24, 2.45) is 17.8 Å². The Bertz CT molecular complexity index is 811. The molecule has 1 saturated carbocycles. The Morgan fingerprint density at radius 2 is 2.07 bits per heavy atom. The summed E-state index contributed by atoms with van der Waals surface area (Å²) in [5, 5.41) is 30.5. The van der Waals surface area contributed by atoms with Crippen molar-refractivity contribution in [3.8, 4) is 17.6 Å². The molecule has 1 aromatic carbocycles. The molecule has 1 aliphatic heterocycles. The van der Waals surface area contributed by atoms with Gasteiger partial charge in [0.1, 0.15) is 11.9 Å². The van der Waals surface area contributed by atoms with Gasteiger partial charge in [0.05, 0.1) is 12.2 Å². The van der Waals surface area contributed by atoms with Crippen molar-refractivity contribution in [1.29, 1.82) is 0 Å². The quantitative estimate of drug-likeness (QED) is 0.341. The molecule has 0 aromatic heterocycles. The first-order valence-corrected chi connectivity index (χ1v) is 10.4. The summed E-state index contributed by atoms with van der Waals surface area (Å²) >= 11 is 0. The molecule has 3 N–H and O–H groups in total. The fourth-order valence-corrected chi connectivity index (χ4v) is 4.61. The number of carboxylic acids is 1. The normalized spacial score (nSPS) is 28.5. The molecule has 1 heterocycles. The average Bonchev–Trinajstić information content (AvgIpc) is 3.19. The Balaban J connectivity index is 0.00000320. The Hall–Kier alpha value is -1.29. The minimum atomic E-state index is -0.826. The van der Waals surface area contributed by atoms with Gasteiger partial charge in [0.25, 0.3) is 0 Å².